The molecule has 6 nitrogen and oxygen atoms in total. The lowest BCUT2D eigenvalue weighted by molar-refractivity contribution is 0.0778. The monoisotopic (exact) mass is 446 g/mol. The van der Waals surface area contributed by atoms with Crippen LogP contribution in [0.25, 0.3) is 10.4 Å². The van der Waals surface area contributed by atoms with E-state index in [9.17, 15) is 18.7 Å². The maximum Gasteiger partial charge on any atom is 0.251 e. The second kappa shape index (κ2) is 8.70. The van der Waals surface area contributed by atoms with Gasteiger partial charge in [0.05, 0.1) is 16.7 Å². The molecule has 0 unspecified atom stereocenters. The molecule has 164 valence electrons. The number of pyridine rings is 1. The minimum atomic E-state index is -1.40. The first-order valence-corrected chi connectivity index (χ1v) is 10.3. The molecule has 9 heteroatoms. The Kier molecular flexibility index (Phi) is 6.40. The second-order valence-electron chi connectivity index (χ2n) is 8.01. The van der Waals surface area contributed by atoms with Crippen LogP contribution in [-0.4, -0.2) is 35.0 Å². The first kappa shape index (κ1) is 22.8. The van der Waals surface area contributed by atoms with E-state index in [1.165, 1.54) is 19.9 Å². The highest BCUT2D eigenvalue weighted by Gasteiger charge is 2.24. The van der Waals surface area contributed by atoms with Crippen molar-refractivity contribution in [1.82, 2.24) is 9.88 Å². The molecule has 1 amide bonds. The lowest BCUT2D eigenvalue weighted by atomic mass is 9.96. The van der Waals surface area contributed by atoms with Gasteiger partial charge in [-0.05, 0) is 63.3 Å². The fourth-order valence-electron chi connectivity index (χ4n) is 3.03. The number of benzene rings is 1. The van der Waals surface area contributed by atoms with Crippen LogP contribution in [0, 0.1) is 11.6 Å². The number of nitrogens with zero attached hydrogens (tertiary/aromatic N) is 2. The third-order valence-corrected chi connectivity index (χ3v) is 5.63. The normalized spacial score (nSPS) is 11.7. The van der Waals surface area contributed by atoms with Crippen molar-refractivity contribution in [1.29, 1.82) is 0 Å². The Morgan fingerprint density at radius 2 is 1.87 bits per heavy atom. The summed E-state index contributed by atoms with van der Waals surface area (Å²) in [5.74, 6) is -1.95. The van der Waals surface area contributed by atoms with Crippen LogP contribution in [0.15, 0.2) is 36.5 Å². The highest BCUT2D eigenvalue weighted by Crippen LogP contribution is 2.40. The predicted molar refractivity (Wildman–Crippen MR) is 118 cm³/mol. The number of thiophene rings is 1. The number of amides is 1. The Bertz CT molecular complexity index is 1080. The molecule has 0 fully saturated rings. The molecule has 4 N–H and O–H groups in total. The zero-order valence-corrected chi connectivity index (χ0v) is 18.5. The number of nitrogens with one attached hydrogen (secondary N) is 1. The number of anilines is 2. The van der Waals surface area contributed by atoms with E-state index in [1.807, 2.05) is 25.1 Å². The SMILES string of the molecule is CN(C)Cc1ccc(Nc2sc(-c3c(F)cc(C(C)(C)O)cc3F)cc2C(N)=O)nc1. The van der Waals surface area contributed by atoms with Crippen LogP contribution in [0.5, 0.6) is 0 Å². The van der Waals surface area contributed by atoms with Crippen molar-refractivity contribution in [2.24, 2.45) is 5.73 Å². The van der Waals surface area contributed by atoms with Gasteiger partial charge in [0.2, 0.25) is 0 Å². The van der Waals surface area contributed by atoms with Gasteiger partial charge < -0.3 is 21.1 Å². The Hall–Kier alpha value is -2.88. The average Bonchev–Trinajstić information content (AvgIpc) is 3.05. The van der Waals surface area contributed by atoms with Gasteiger partial charge in [0.25, 0.3) is 5.91 Å². The molecule has 0 atom stereocenters. The summed E-state index contributed by atoms with van der Waals surface area (Å²) in [7, 11) is 3.90. The maximum atomic E-state index is 14.7. The molecule has 2 aromatic heterocycles. The number of aliphatic hydroxyl groups is 1. The van der Waals surface area contributed by atoms with Crippen molar-refractivity contribution in [2.45, 2.75) is 26.0 Å². The minimum Gasteiger partial charge on any atom is -0.386 e. The van der Waals surface area contributed by atoms with Crippen molar-refractivity contribution in [3.05, 3.63) is 64.9 Å². The number of carbonyl (C=O) groups excluding carboxylic acids is 1. The molecule has 0 aliphatic rings. The van der Waals surface area contributed by atoms with Crippen molar-refractivity contribution < 1.29 is 18.7 Å². The average molecular weight is 447 g/mol. The van der Waals surface area contributed by atoms with Gasteiger partial charge in [-0.3, -0.25) is 4.79 Å². The van der Waals surface area contributed by atoms with Crippen LogP contribution in [0.2, 0.25) is 0 Å². The standard InChI is InChI=1S/C22H24F2N4O2S/c1-22(2,30)13-7-15(23)19(16(24)8-13)17-9-14(20(25)29)21(31-17)27-18-6-5-12(10-26-18)11-28(3)4/h5-10,30H,11H2,1-4H3,(H2,25,29)(H,26,27). The molecule has 3 rings (SSSR count). The summed E-state index contributed by atoms with van der Waals surface area (Å²) in [5, 5.41) is 13.4. The summed E-state index contributed by atoms with van der Waals surface area (Å²) < 4.78 is 29.5. The van der Waals surface area contributed by atoms with Crippen molar-refractivity contribution in [3.8, 4) is 10.4 Å². The molecule has 31 heavy (non-hydrogen) atoms. The van der Waals surface area contributed by atoms with Crippen LogP contribution in [0.1, 0.15) is 35.3 Å². The molecule has 2 heterocycles. The van der Waals surface area contributed by atoms with E-state index in [0.29, 0.717) is 10.8 Å². The minimum absolute atomic E-state index is 0.101. The molecule has 0 saturated carbocycles. The van der Waals surface area contributed by atoms with Crippen molar-refractivity contribution in [2.75, 3.05) is 19.4 Å². The second-order valence-corrected chi connectivity index (χ2v) is 9.06. The lowest BCUT2D eigenvalue weighted by Crippen LogP contribution is -2.16. The van der Waals surface area contributed by atoms with Gasteiger partial charge in [-0.25, -0.2) is 13.8 Å². The highest BCUT2D eigenvalue weighted by molar-refractivity contribution is 7.20. The number of halogens is 2. The quantitative estimate of drug-likeness (QED) is 0.506. The third-order valence-electron chi connectivity index (χ3n) is 4.56. The summed E-state index contributed by atoms with van der Waals surface area (Å²) in [5.41, 5.74) is 5.01. The summed E-state index contributed by atoms with van der Waals surface area (Å²) >= 11 is 0.990. The number of nitrogens with two attached hydrogens (primary N) is 1. The van der Waals surface area contributed by atoms with Crippen LogP contribution in [-0.2, 0) is 12.1 Å². The Labute approximate surface area is 183 Å². The van der Waals surface area contributed by atoms with Gasteiger partial charge in [-0.1, -0.05) is 6.07 Å². The number of primary amides is 1. The number of hydrogen-bond donors (Lipinski definition) is 3. The van der Waals surface area contributed by atoms with Gasteiger partial charge in [-0.15, -0.1) is 11.3 Å². The van der Waals surface area contributed by atoms with Gasteiger partial charge in [0.1, 0.15) is 22.5 Å². The van der Waals surface area contributed by atoms with Gasteiger partial charge in [-0.2, -0.15) is 0 Å². The zero-order valence-electron chi connectivity index (χ0n) is 17.7. The largest absolute Gasteiger partial charge is 0.386 e. The molecular weight excluding hydrogens is 422 g/mol. The fraction of sp³-hybridized carbons (Fsp3) is 0.273. The van der Waals surface area contributed by atoms with E-state index in [0.717, 1.165) is 35.6 Å². The topological polar surface area (TPSA) is 91.5 Å². The van der Waals surface area contributed by atoms with Crippen molar-refractivity contribution in [3.63, 3.8) is 0 Å². The molecule has 3 aromatic rings. The highest BCUT2D eigenvalue weighted by atomic mass is 32.1. The van der Waals surface area contributed by atoms with Crippen LogP contribution < -0.4 is 11.1 Å². The summed E-state index contributed by atoms with van der Waals surface area (Å²) in [6, 6.07) is 7.16. The number of hydrogen-bond acceptors (Lipinski definition) is 6. The maximum absolute atomic E-state index is 14.7. The summed E-state index contributed by atoms with van der Waals surface area (Å²) in [4.78, 5) is 18.5. The van der Waals surface area contributed by atoms with Crippen molar-refractivity contribution >= 4 is 28.1 Å². The molecule has 0 aliphatic heterocycles. The summed E-state index contributed by atoms with van der Waals surface area (Å²) in [6.45, 7) is 3.61. The Balaban J connectivity index is 1.97. The van der Waals surface area contributed by atoms with E-state index in [4.69, 9.17) is 5.73 Å². The lowest BCUT2D eigenvalue weighted by Gasteiger charge is -2.18. The fourth-order valence-corrected chi connectivity index (χ4v) is 4.14. The molecule has 0 saturated heterocycles. The first-order chi connectivity index (χ1) is 14.5. The van der Waals surface area contributed by atoms with E-state index >= 15 is 0 Å². The van der Waals surface area contributed by atoms with E-state index in [2.05, 4.69) is 10.3 Å². The molecule has 0 radical (unpaired) electrons. The van der Waals surface area contributed by atoms with Crippen LogP contribution in [0.3, 0.4) is 0 Å². The zero-order chi connectivity index (χ0) is 22.9. The Morgan fingerprint density at radius 3 is 2.35 bits per heavy atom. The summed E-state index contributed by atoms with van der Waals surface area (Å²) in [6.07, 6.45) is 1.70. The Morgan fingerprint density at radius 1 is 1.23 bits per heavy atom. The molecule has 0 spiro atoms. The van der Waals surface area contributed by atoms with Gasteiger partial charge in [0, 0.05) is 17.6 Å². The van der Waals surface area contributed by atoms with Crippen LogP contribution in [0.4, 0.5) is 19.6 Å². The van der Waals surface area contributed by atoms with E-state index in [1.54, 1.807) is 12.3 Å². The number of rotatable bonds is 7. The van der Waals surface area contributed by atoms with E-state index in [-0.39, 0.29) is 21.6 Å². The van der Waals surface area contributed by atoms with Gasteiger partial charge in [0.15, 0.2) is 0 Å². The molecule has 1 aromatic carbocycles. The van der Waals surface area contributed by atoms with Gasteiger partial charge >= 0.3 is 0 Å². The molecule has 0 aliphatic carbocycles. The first-order valence-electron chi connectivity index (χ1n) is 9.48. The molecular formula is C22H24F2N4O2S. The van der Waals surface area contributed by atoms with Crippen LogP contribution >= 0.6 is 11.3 Å². The third kappa shape index (κ3) is 5.25. The molecule has 0 bridgehead atoms. The predicted octanol–water partition coefficient (Wildman–Crippen LogP) is 4.22. The van der Waals surface area contributed by atoms with E-state index < -0.39 is 23.1 Å². The number of aromatic nitrogens is 1. The smallest absolute Gasteiger partial charge is 0.251 e. The number of carbonyl (C=O) groups is 1.